The van der Waals surface area contributed by atoms with Gasteiger partial charge in [-0.15, -0.1) is 0 Å². The maximum absolute atomic E-state index is 12.8. The molecule has 2 aromatic heterocycles. The summed E-state index contributed by atoms with van der Waals surface area (Å²) in [5.74, 6) is 0.137. The molecule has 1 amide bonds. The van der Waals surface area contributed by atoms with Crippen LogP contribution in [0.4, 0.5) is 4.39 Å². The number of rotatable bonds is 7. The Labute approximate surface area is 148 Å². The van der Waals surface area contributed by atoms with E-state index in [2.05, 4.69) is 25.5 Å². The minimum Gasteiger partial charge on any atom is -0.349 e. The molecule has 0 unspecified atom stereocenters. The number of amides is 1. The van der Waals surface area contributed by atoms with Gasteiger partial charge in [-0.1, -0.05) is 0 Å². The van der Waals surface area contributed by atoms with Crippen molar-refractivity contribution in [1.29, 1.82) is 0 Å². The number of pyridine rings is 1. The SMILES string of the molecule is O=C(CCC(=O)c1ccc(F)cc1)NCc1nc(-c2ccncc2)n[nH]1. The van der Waals surface area contributed by atoms with E-state index < -0.39 is 5.82 Å². The number of ketones is 1. The standard InChI is InChI=1S/C18H16FN5O2/c19-14-3-1-12(2-4-14)15(25)5-6-17(26)21-11-16-22-18(24-23-16)13-7-9-20-10-8-13/h1-4,7-10H,5-6,11H2,(H,21,26)(H,22,23,24). The quantitative estimate of drug-likeness (QED) is 0.635. The number of hydrogen-bond acceptors (Lipinski definition) is 5. The first-order chi connectivity index (χ1) is 12.6. The molecule has 0 aliphatic rings. The molecule has 7 nitrogen and oxygen atoms in total. The zero-order chi connectivity index (χ0) is 18.4. The molecule has 0 aliphatic heterocycles. The van der Waals surface area contributed by atoms with Crippen molar-refractivity contribution in [1.82, 2.24) is 25.5 Å². The number of hydrogen-bond donors (Lipinski definition) is 2. The van der Waals surface area contributed by atoms with Gasteiger partial charge in [0.15, 0.2) is 11.6 Å². The smallest absolute Gasteiger partial charge is 0.220 e. The van der Waals surface area contributed by atoms with Crippen LogP contribution in [0.5, 0.6) is 0 Å². The van der Waals surface area contributed by atoms with Crippen LogP contribution in [0, 0.1) is 5.82 Å². The van der Waals surface area contributed by atoms with Crippen LogP contribution < -0.4 is 5.32 Å². The van der Waals surface area contributed by atoms with E-state index in [0.717, 1.165) is 5.56 Å². The minimum atomic E-state index is -0.405. The maximum atomic E-state index is 12.8. The molecule has 0 saturated heterocycles. The van der Waals surface area contributed by atoms with Crippen LogP contribution >= 0.6 is 0 Å². The molecule has 1 aromatic carbocycles. The van der Waals surface area contributed by atoms with Crippen LogP contribution in [0.2, 0.25) is 0 Å². The fourth-order valence-electron chi connectivity index (χ4n) is 2.28. The molecule has 0 atom stereocenters. The van der Waals surface area contributed by atoms with Crippen LogP contribution in [0.3, 0.4) is 0 Å². The predicted molar refractivity (Wildman–Crippen MR) is 91.4 cm³/mol. The molecule has 2 heterocycles. The van der Waals surface area contributed by atoms with Gasteiger partial charge in [0.2, 0.25) is 5.91 Å². The number of aromatic amines is 1. The fraction of sp³-hybridized carbons (Fsp3) is 0.167. The van der Waals surface area contributed by atoms with E-state index in [1.807, 2.05) is 0 Å². The molecule has 0 fully saturated rings. The zero-order valence-corrected chi connectivity index (χ0v) is 13.8. The molecule has 0 saturated carbocycles. The van der Waals surface area contributed by atoms with E-state index in [-0.39, 0.29) is 31.1 Å². The van der Waals surface area contributed by atoms with Gasteiger partial charge in [0.25, 0.3) is 0 Å². The summed E-state index contributed by atoms with van der Waals surface area (Å²) in [6.45, 7) is 0.182. The summed E-state index contributed by atoms with van der Waals surface area (Å²) in [5, 5.41) is 9.52. The summed E-state index contributed by atoms with van der Waals surface area (Å²) in [7, 11) is 0. The third kappa shape index (κ3) is 4.56. The first-order valence-corrected chi connectivity index (χ1v) is 7.99. The average Bonchev–Trinajstić information content (AvgIpc) is 3.15. The Kier molecular flexibility index (Phi) is 5.43. The molecular formula is C18H16FN5O2. The first-order valence-electron chi connectivity index (χ1n) is 7.99. The lowest BCUT2D eigenvalue weighted by Crippen LogP contribution is -2.23. The summed E-state index contributed by atoms with van der Waals surface area (Å²) >= 11 is 0. The highest BCUT2D eigenvalue weighted by molar-refractivity contribution is 5.97. The van der Waals surface area contributed by atoms with Gasteiger partial charge in [0.1, 0.15) is 11.6 Å². The Morgan fingerprint density at radius 1 is 1.04 bits per heavy atom. The molecule has 8 heteroatoms. The molecule has 0 aliphatic carbocycles. The van der Waals surface area contributed by atoms with Crippen LogP contribution in [0.1, 0.15) is 29.0 Å². The molecule has 3 aromatic rings. The molecule has 0 spiro atoms. The topological polar surface area (TPSA) is 101 Å². The van der Waals surface area contributed by atoms with Gasteiger partial charge in [-0.2, -0.15) is 5.10 Å². The Balaban J connectivity index is 1.46. The van der Waals surface area contributed by atoms with E-state index in [1.165, 1.54) is 24.3 Å². The second-order valence-electron chi connectivity index (χ2n) is 5.55. The van der Waals surface area contributed by atoms with Crippen molar-refractivity contribution < 1.29 is 14.0 Å². The number of H-pyrrole nitrogens is 1. The van der Waals surface area contributed by atoms with Gasteiger partial charge >= 0.3 is 0 Å². The summed E-state index contributed by atoms with van der Waals surface area (Å²) in [4.78, 5) is 32.1. The van der Waals surface area contributed by atoms with E-state index in [4.69, 9.17) is 0 Å². The van der Waals surface area contributed by atoms with Crippen molar-refractivity contribution in [2.75, 3.05) is 0 Å². The molecule has 0 bridgehead atoms. The Morgan fingerprint density at radius 3 is 2.50 bits per heavy atom. The lowest BCUT2D eigenvalue weighted by molar-refractivity contribution is -0.121. The number of nitrogens with one attached hydrogen (secondary N) is 2. The summed E-state index contributed by atoms with van der Waals surface area (Å²) in [5.41, 5.74) is 1.20. The third-order valence-corrected chi connectivity index (χ3v) is 3.67. The van der Waals surface area contributed by atoms with Crippen molar-refractivity contribution >= 4 is 11.7 Å². The Hall–Kier alpha value is -3.42. The van der Waals surface area contributed by atoms with Crippen LogP contribution in [-0.4, -0.2) is 31.9 Å². The summed E-state index contributed by atoms with van der Waals surface area (Å²) in [6, 6.07) is 8.82. The Bertz CT molecular complexity index is 893. The molecular weight excluding hydrogens is 337 g/mol. The number of nitrogens with zero attached hydrogens (tertiary/aromatic N) is 3. The molecule has 0 radical (unpaired) electrons. The third-order valence-electron chi connectivity index (χ3n) is 3.67. The highest BCUT2D eigenvalue weighted by Crippen LogP contribution is 2.12. The van der Waals surface area contributed by atoms with Gasteiger partial charge in [-0.3, -0.25) is 19.7 Å². The molecule has 2 N–H and O–H groups in total. The van der Waals surface area contributed by atoms with Crippen molar-refractivity contribution in [2.24, 2.45) is 0 Å². The lowest BCUT2D eigenvalue weighted by atomic mass is 10.1. The van der Waals surface area contributed by atoms with E-state index in [1.54, 1.807) is 24.5 Å². The molecule has 132 valence electrons. The van der Waals surface area contributed by atoms with Crippen LogP contribution in [-0.2, 0) is 11.3 Å². The first kappa shape index (κ1) is 17.4. The van der Waals surface area contributed by atoms with Gasteiger partial charge in [0, 0.05) is 36.4 Å². The molecule has 26 heavy (non-hydrogen) atoms. The van der Waals surface area contributed by atoms with Crippen molar-refractivity contribution in [3.8, 4) is 11.4 Å². The van der Waals surface area contributed by atoms with E-state index in [9.17, 15) is 14.0 Å². The second-order valence-corrected chi connectivity index (χ2v) is 5.55. The van der Waals surface area contributed by atoms with E-state index in [0.29, 0.717) is 17.2 Å². The van der Waals surface area contributed by atoms with Crippen molar-refractivity contribution in [2.45, 2.75) is 19.4 Å². The summed E-state index contributed by atoms with van der Waals surface area (Å²) in [6.07, 6.45) is 3.38. The number of aromatic nitrogens is 4. The number of Topliss-reactive ketones (excluding diaryl/α,β-unsaturated/α-hetero) is 1. The van der Waals surface area contributed by atoms with Crippen LogP contribution in [0.15, 0.2) is 48.8 Å². The second kappa shape index (κ2) is 8.11. The van der Waals surface area contributed by atoms with Gasteiger partial charge in [-0.05, 0) is 36.4 Å². The highest BCUT2D eigenvalue weighted by Gasteiger charge is 2.11. The lowest BCUT2D eigenvalue weighted by Gasteiger charge is -2.03. The fourth-order valence-corrected chi connectivity index (χ4v) is 2.28. The van der Waals surface area contributed by atoms with Crippen LogP contribution in [0.25, 0.3) is 11.4 Å². The number of benzene rings is 1. The average molecular weight is 353 g/mol. The largest absolute Gasteiger partial charge is 0.349 e. The minimum absolute atomic E-state index is 0.0432. The Morgan fingerprint density at radius 2 is 1.77 bits per heavy atom. The van der Waals surface area contributed by atoms with Gasteiger partial charge < -0.3 is 5.32 Å². The normalized spacial score (nSPS) is 10.5. The highest BCUT2D eigenvalue weighted by atomic mass is 19.1. The van der Waals surface area contributed by atoms with Crippen molar-refractivity contribution in [3.05, 3.63) is 66.0 Å². The predicted octanol–water partition coefficient (Wildman–Crippen LogP) is 2.29. The van der Waals surface area contributed by atoms with E-state index >= 15 is 0 Å². The van der Waals surface area contributed by atoms with Crippen molar-refractivity contribution in [3.63, 3.8) is 0 Å². The van der Waals surface area contributed by atoms with Gasteiger partial charge in [-0.25, -0.2) is 9.37 Å². The van der Waals surface area contributed by atoms with Gasteiger partial charge in [0.05, 0.1) is 6.54 Å². The monoisotopic (exact) mass is 353 g/mol. The number of carbonyl (C=O) groups excluding carboxylic acids is 2. The zero-order valence-electron chi connectivity index (χ0n) is 13.8. The maximum Gasteiger partial charge on any atom is 0.220 e. The summed E-state index contributed by atoms with van der Waals surface area (Å²) < 4.78 is 12.8. The number of carbonyl (C=O) groups is 2. The number of halogens is 1. The molecule has 3 rings (SSSR count).